The summed E-state index contributed by atoms with van der Waals surface area (Å²) in [6.45, 7) is 4.23. The number of nitrogens with zero attached hydrogens (tertiary/aromatic N) is 1. The number of nitrogens with one attached hydrogen (secondary N) is 1. The molecular formula is C15H19N3O2S. The van der Waals surface area contributed by atoms with Crippen LogP contribution in [-0.4, -0.2) is 13.4 Å². The van der Waals surface area contributed by atoms with Crippen LogP contribution in [0, 0.1) is 13.8 Å². The Labute approximate surface area is 125 Å². The van der Waals surface area contributed by atoms with E-state index >= 15 is 0 Å². The maximum absolute atomic E-state index is 12.4. The topological polar surface area (TPSA) is 85.1 Å². The summed E-state index contributed by atoms with van der Waals surface area (Å²) in [6, 6.07) is 8.83. The molecule has 5 nitrogen and oxygen atoms in total. The Kier molecular flexibility index (Phi) is 4.72. The SMILES string of the molecule is Cc1cc(CN)ccc1S(=O)(=O)NCc1ncccc1C. The van der Waals surface area contributed by atoms with Crippen LogP contribution in [0.4, 0.5) is 0 Å². The second-order valence-corrected chi connectivity index (χ2v) is 6.63. The van der Waals surface area contributed by atoms with Crippen molar-refractivity contribution in [2.24, 2.45) is 5.73 Å². The molecule has 0 saturated heterocycles. The fourth-order valence-electron chi connectivity index (χ4n) is 2.08. The van der Waals surface area contributed by atoms with E-state index in [1.54, 1.807) is 31.3 Å². The molecule has 0 saturated carbocycles. The van der Waals surface area contributed by atoms with Crippen LogP contribution in [0.5, 0.6) is 0 Å². The first-order chi connectivity index (χ1) is 9.94. The number of pyridine rings is 1. The van der Waals surface area contributed by atoms with Gasteiger partial charge in [-0.2, -0.15) is 0 Å². The number of nitrogens with two attached hydrogens (primary N) is 1. The number of aromatic nitrogens is 1. The standard InChI is InChI=1S/C15H19N3O2S/c1-11-4-3-7-17-14(11)10-18-21(19,20)15-6-5-13(9-16)8-12(15)2/h3-8,18H,9-10,16H2,1-2H3. The molecule has 0 atom stereocenters. The lowest BCUT2D eigenvalue weighted by Gasteiger charge is -2.11. The number of sulfonamides is 1. The average molecular weight is 305 g/mol. The van der Waals surface area contributed by atoms with Gasteiger partial charge >= 0.3 is 0 Å². The van der Waals surface area contributed by atoms with Crippen molar-refractivity contribution in [3.63, 3.8) is 0 Å². The molecule has 112 valence electrons. The van der Waals surface area contributed by atoms with Crippen LogP contribution in [0.1, 0.15) is 22.4 Å². The van der Waals surface area contributed by atoms with E-state index in [-0.39, 0.29) is 11.4 Å². The van der Waals surface area contributed by atoms with Crippen molar-refractivity contribution in [2.75, 3.05) is 0 Å². The smallest absolute Gasteiger partial charge is 0.241 e. The number of hydrogen-bond acceptors (Lipinski definition) is 4. The highest BCUT2D eigenvalue weighted by Gasteiger charge is 2.17. The predicted molar refractivity (Wildman–Crippen MR) is 82.1 cm³/mol. The normalized spacial score (nSPS) is 11.6. The van der Waals surface area contributed by atoms with Crippen LogP contribution < -0.4 is 10.5 Å². The van der Waals surface area contributed by atoms with E-state index in [0.717, 1.165) is 16.8 Å². The van der Waals surface area contributed by atoms with Gasteiger partial charge in [-0.15, -0.1) is 0 Å². The fourth-order valence-corrected chi connectivity index (χ4v) is 3.30. The van der Waals surface area contributed by atoms with Crippen LogP contribution in [0.15, 0.2) is 41.4 Å². The zero-order valence-electron chi connectivity index (χ0n) is 12.1. The summed E-state index contributed by atoms with van der Waals surface area (Å²) in [7, 11) is -3.56. The highest BCUT2D eigenvalue weighted by molar-refractivity contribution is 7.89. The first kappa shape index (κ1) is 15.6. The molecule has 2 rings (SSSR count). The lowest BCUT2D eigenvalue weighted by Crippen LogP contribution is -2.25. The fraction of sp³-hybridized carbons (Fsp3) is 0.267. The first-order valence-corrected chi connectivity index (χ1v) is 8.12. The first-order valence-electron chi connectivity index (χ1n) is 6.64. The Hall–Kier alpha value is -1.76. The maximum Gasteiger partial charge on any atom is 0.241 e. The van der Waals surface area contributed by atoms with Gasteiger partial charge in [0.2, 0.25) is 10.0 Å². The van der Waals surface area contributed by atoms with Crippen molar-refractivity contribution < 1.29 is 8.42 Å². The Morgan fingerprint density at radius 2 is 1.95 bits per heavy atom. The Morgan fingerprint density at radius 1 is 1.19 bits per heavy atom. The van der Waals surface area contributed by atoms with Crippen LogP contribution >= 0.6 is 0 Å². The molecule has 0 unspecified atom stereocenters. The van der Waals surface area contributed by atoms with Gasteiger partial charge in [0, 0.05) is 12.7 Å². The highest BCUT2D eigenvalue weighted by atomic mass is 32.2. The van der Waals surface area contributed by atoms with Crippen molar-refractivity contribution in [1.29, 1.82) is 0 Å². The van der Waals surface area contributed by atoms with E-state index in [4.69, 9.17) is 5.73 Å². The van der Waals surface area contributed by atoms with Crippen molar-refractivity contribution in [1.82, 2.24) is 9.71 Å². The molecule has 0 fully saturated rings. The number of hydrogen-bond donors (Lipinski definition) is 2. The van der Waals surface area contributed by atoms with Crippen molar-refractivity contribution >= 4 is 10.0 Å². The lowest BCUT2D eigenvalue weighted by molar-refractivity contribution is 0.579. The van der Waals surface area contributed by atoms with Crippen LogP contribution in [0.3, 0.4) is 0 Å². The van der Waals surface area contributed by atoms with Gasteiger partial charge < -0.3 is 5.73 Å². The predicted octanol–water partition coefficient (Wildman–Crippen LogP) is 1.64. The molecule has 0 radical (unpaired) electrons. The van der Waals surface area contributed by atoms with E-state index in [9.17, 15) is 8.42 Å². The van der Waals surface area contributed by atoms with E-state index < -0.39 is 10.0 Å². The van der Waals surface area contributed by atoms with Gasteiger partial charge in [-0.05, 0) is 42.7 Å². The minimum absolute atomic E-state index is 0.174. The molecule has 0 aliphatic rings. The van der Waals surface area contributed by atoms with Gasteiger partial charge in [-0.3, -0.25) is 4.98 Å². The van der Waals surface area contributed by atoms with Crippen molar-refractivity contribution in [3.8, 4) is 0 Å². The molecule has 0 amide bonds. The van der Waals surface area contributed by atoms with Crippen LogP contribution in [-0.2, 0) is 23.1 Å². The molecule has 2 aromatic rings. The quantitative estimate of drug-likeness (QED) is 0.879. The third kappa shape index (κ3) is 3.66. The summed E-state index contributed by atoms with van der Waals surface area (Å²) in [6.07, 6.45) is 1.65. The van der Waals surface area contributed by atoms with Gasteiger partial charge in [0.25, 0.3) is 0 Å². The second-order valence-electron chi connectivity index (χ2n) is 4.90. The van der Waals surface area contributed by atoms with E-state index in [2.05, 4.69) is 9.71 Å². The van der Waals surface area contributed by atoms with Gasteiger partial charge in [-0.25, -0.2) is 13.1 Å². The Bertz CT molecular complexity index is 742. The van der Waals surface area contributed by atoms with E-state index in [0.29, 0.717) is 12.1 Å². The van der Waals surface area contributed by atoms with Crippen molar-refractivity contribution in [3.05, 3.63) is 58.9 Å². The van der Waals surface area contributed by atoms with Gasteiger partial charge in [0.05, 0.1) is 17.1 Å². The molecule has 0 spiro atoms. The third-order valence-corrected chi connectivity index (χ3v) is 4.87. The summed E-state index contributed by atoms with van der Waals surface area (Å²) >= 11 is 0. The Balaban J connectivity index is 2.21. The van der Waals surface area contributed by atoms with E-state index in [1.165, 1.54) is 0 Å². The third-order valence-electron chi connectivity index (χ3n) is 3.31. The summed E-state index contributed by atoms with van der Waals surface area (Å²) in [5.74, 6) is 0. The zero-order chi connectivity index (χ0) is 15.5. The number of benzene rings is 1. The van der Waals surface area contributed by atoms with Gasteiger partial charge in [0.1, 0.15) is 0 Å². The zero-order valence-corrected chi connectivity index (χ0v) is 12.9. The molecule has 1 aromatic heterocycles. The molecule has 0 aliphatic heterocycles. The number of aryl methyl sites for hydroxylation is 2. The summed E-state index contributed by atoms with van der Waals surface area (Å²) in [4.78, 5) is 4.45. The minimum Gasteiger partial charge on any atom is -0.326 e. The van der Waals surface area contributed by atoms with Crippen LogP contribution in [0.2, 0.25) is 0 Å². The molecule has 21 heavy (non-hydrogen) atoms. The molecule has 1 aromatic carbocycles. The highest BCUT2D eigenvalue weighted by Crippen LogP contribution is 2.17. The molecule has 0 bridgehead atoms. The molecule has 1 heterocycles. The Morgan fingerprint density at radius 3 is 2.57 bits per heavy atom. The van der Waals surface area contributed by atoms with Gasteiger partial charge in [0.15, 0.2) is 0 Å². The molecular weight excluding hydrogens is 286 g/mol. The van der Waals surface area contributed by atoms with Crippen molar-refractivity contribution in [2.45, 2.75) is 31.8 Å². The molecule has 6 heteroatoms. The molecule has 0 aliphatic carbocycles. The largest absolute Gasteiger partial charge is 0.326 e. The monoisotopic (exact) mass is 305 g/mol. The average Bonchev–Trinajstić information content (AvgIpc) is 2.46. The van der Waals surface area contributed by atoms with E-state index in [1.807, 2.05) is 19.1 Å². The van der Waals surface area contributed by atoms with Crippen LogP contribution in [0.25, 0.3) is 0 Å². The minimum atomic E-state index is -3.56. The summed E-state index contributed by atoms with van der Waals surface area (Å²) < 4.78 is 27.3. The summed E-state index contributed by atoms with van der Waals surface area (Å²) in [5.41, 5.74) is 8.82. The second kappa shape index (κ2) is 6.34. The molecule has 3 N–H and O–H groups in total. The lowest BCUT2D eigenvalue weighted by atomic mass is 10.1. The van der Waals surface area contributed by atoms with Gasteiger partial charge in [-0.1, -0.05) is 18.2 Å². The summed E-state index contributed by atoms with van der Waals surface area (Å²) in [5, 5.41) is 0. The maximum atomic E-state index is 12.4. The number of rotatable bonds is 5.